The predicted octanol–water partition coefficient (Wildman–Crippen LogP) is 1.87. The van der Waals surface area contributed by atoms with Crippen LogP contribution in [0.3, 0.4) is 0 Å². The van der Waals surface area contributed by atoms with Gasteiger partial charge in [-0.05, 0) is 30.5 Å². The van der Waals surface area contributed by atoms with E-state index in [0.29, 0.717) is 6.61 Å². The predicted molar refractivity (Wildman–Crippen MR) is 60.0 cm³/mol. The Morgan fingerprint density at radius 3 is 2.56 bits per heavy atom. The first-order valence-corrected chi connectivity index (χ1v) is 5.85. The number of aliphatic hydroxyl groups excluding tert-OH is 1. The Kier molecular flexibility index (Phi) is 2.28. The second-order valence-electron chi connectivity index (χ2n) is 4.65. The normalized spacial score (nSPS) is 21.3. The van der Waals surface area contributed by atoms with Crippen LogP contribution in [-0.2, 0) is 5.41 Å². The zero-order valence-corrected chi connectivity index (χ0v) is 9.24. The Morgan fingerprint density at radius 2 is 1.88 bits per heavy atom. The van der Waals surface area contributed by atoms with Crippen LogP contribution in [0.25, 0.3) is 0 Å². The molecule has 3 heteroatoms. The van der Waals surface area contributed by atoms with Gasteiger partial charge in [-0.25, -0.2) is 0 Å². The standard InChI is InChI=1S/C13H16O3/c14-9-13(4-5-13)10-2-3-11-12(8-10)16-7-1-6-15-11/h2-3,8,14H,1,4-7,9H2. The van der Waals surface area contributed by atoms with Gasteiger partial charge in [-0.2, -0.15) is 0 Å². The summed E-state index contributed by atoms with van der Waals surface area (Å²) in [5.41, 5.74) is 1.18. The third-order valence-electron chi connectivity index (χ3n) is 3.52. The topological polar surface area (TPSA) is 38.7 Å². The van der Waals surface area contributed by atoms with Gasteiger partial charge < -0.3 is 14.6 Å². The molecule has 0 spiro atoms. The van der Waals surface area contributed by atoms with Gasteiger partial charge in [0.1, 0.15) is 0 Å². The Hall–Kier alpha value is -1.22. The zero-order chi connectivity index (χ0) is 11.0. The summed E-state index contributed by atoms with van der Waals surface area (Å²) in [6, 6.07) is 6.05. The molecule has 1 N–H and O–H groups in total. The van der Waals surface area contributed by atoms with Gasteiger partial charge in [0.05, 0.1) is 19.8 Å². The van der Waals surface area contributed by atoms with Crippen molar-refractivity contribution >= 4 is 0 Å². The number of hydrogen-bond acceptors (Lipinski definition) is 3. The summed E-state index contributed by atoms with van der Waals surface area (Å²) in [5.74, 6) is 1.66. The van der Waals surface area contributed by atoms with E-state index in [1.54, 1.807) is 0 Å². The largest absolute Gasteiger partial charge is 0.490 e. The van der Waals surface area contributed by atoms with Crippen molar-refractivity contribution in [1.29, 1.82) is 0 Å². The van der Waals surface area contributed by atoms with E-state index in [2.05, 4.69) is 6.07 Å². The second kappa shape index (κ2) is 3.67. The highest BCUT2D eigenvalue weighted by Crippen LogP contribution is 2.49. The maximum Gasteiger partial charge on any atom is 0.161 e. The van der Waals surface area contributed by atoms with Crippen molar-refractivity contribution in [2.45, 2.75) is 24.7 Å². The lowest BCUT2D eigenvalue weighted by Gasteiger charge is -2.15. The minimum absolute atomic E-state index is 0.00466. The molecule has 1 aliphatic carbocycles. The van der Waals surface area contributed by atoms with E-state index >= 15 is 0 Å². The van der Waals surface area contributed by atoms with E-state index in [0.717, 1.165) is 37.4 Å². The minimum atomic E-state index is 0.00466. The lowest BCUT2D eigenvalue weighted by atomic mass is 9.96. The minimum Gasteiger partial charge on any atom is -0.490 e. The third kappa shape index (κ3) is 1.55. The summed E-state index contributed by atoms with van der Waals surface area (Å²) >= 11 is 0. The Morgan fingerprint density at radius 1 is 1.12 bits per heavy atom. The molecule has 3 rings (SSSR count). The van der Waals surface area contributed by atoms with Gasteiger partial charge in [0, 0.05) is 11.8 Å². The summed E-state index contributed by atoms with van der Waals surface area (Å²) in [6.07, 6.45) is 3.07. The summed E-state index contributed by atoms with van der Waals surface area (Å²) in [6.45, 7) is 1.66. The van der Waals surface area contributed by atoms with Crippen molar-refractivity contribution in [3.63, 3.8) is 0 Å². The van der Waals surface area contributed by atoms with Crippen molar-refractivity contribution in [1.82, 2.24) is 0 Å². The fraction of sp³-hybridized carbons (Fsp3) is 0.538. The SMILES string of the molecule is OCC1(c2ccc3c(c2)OCCCO3)CC1. The number of benzene rings is 1. The van der Waals surface area contributed by atoms with E-state index < -0.39 is 0 Å². The quantitative estimate of drug-likeness (QED) is 0.827. The summed E-state index contributed by atoms with van der Waals surface area (Å²) in [4.78, 5) is 0. The molecule has 2 aliphatic rings. The van der Waals surface area contributed by atoms with Crippen LogP contribution in [0.2, 0.25) is 0 Å². The molecule has 0 amide bonds. The fourth-order valence-corrected chi connectivity index (χ4v) is 2.18. The van der Waals surface area contributed by atoms with Gasteiger partial charge >= 0.3 is 0 Å². The van der Waals surface area contributed by atoms with Crippen LogP contribution in [0.4, 0.5) is 0 Å². The van der Waals surface area contributed by atoms with E-state index in [-0.39, 0.29) is 12.0 Å². The van der Waals surface area contributed by atoms with E-state index in [9.17, 15) is 5.11 Å². The van der Waals surface area contributed by atoms with E-state index in [1.165, 1.54) is 5.56 Å². The highest BCUT2D eigenvalue weighted by Gasteiger charge is 2.44. The van der Waals surface area contributed by atoms with Crippen molar-refractivity contribution in [2.24, 2.45) is 0 Å². The summed E-state index contributed by atoms with van der Waals surface area (Å²) in [5, 5.41) is 9.40. The van der Waals surface area contributed by atoms with Crippen LogP contribution in [0.1, 0.15) is 24.8 Å². The number of aliphatic hydroxyl groups is 1. The smallest absolute Gasteiger partial charge is 0.161 e. The Bertz CT molecular complexity index is 396. The molecule has 1 fully saturated rings. The molecule has 0 saturated heterocycles. The molecule has 1 saturated carbocycles. The molecule has 1 heterocycles. The molecule has 1 aromatic rings. The first-order valence-electron chi connectivity index (χ1n) is 5.85. The first kappa shape index (κ1) is 9.97. The maximum absolute atomic E-state index is 9.40. The molecule has 0 atom stereocenters. The Labute approximate surface area is 95.0 Å². The first-order chi connectivity index (χ1) is 7.84. The highest BCUT2D eigenvalue weighted by molar-refractivity contribution is 5.47. The summed E-state index contributed by atoms with van der Waals surface area (Å²) in [7, 11) is 0. The molecule has 0 unspecified atom stereocenters. The van der Waals surface area contributed by atoms with Crippen molar-refractivity contribution in [3.05, 3.63) is 23.8 Å². The van der Waals surface area contributed by atoms with Crippen LogP contribution in [-0.4, -0.2) is 24.9 Å². The van der Waals surface area contributed by atoms with Crippen molar-refractivity contribution < 1.29 is 14.6 Å². The van der Waals surface area contributed by atoms with Crippen molar-refractivity contribution in [2.75, 3.05) is 19.8 Å². The monoisotopic (exact) mass is 220 g/mol. The molecule has 0 aromatic heterocycles. The lowest BCUT2D eigenvalue weighted by Crippen LogP contribution is -2.11. The van der Waals surface area contributed by atoms with Gasteiger partial charge in [-0.1, -0.05) is 6.07 Å². The van der Waals surface area contributed by atoms with Gasteiger partial charge in [0.25, 0.3) is 0 Å². The molecule has 16 heavy (non-hydrogen) atoms. The molecule has 86 valence electrons. The van der Waals surface area contributed by atoms with Gasteiger partial charge in [-0.15, -0.1) is 0 Å². The molecule has 0 bridgehead atoms. The second-order valence-corrected chi connectivity index (χ2v) is 4.65. The molecule has 1 aromatic carbocycles. The van der Waals surface area contributed by atoms with Crippen LogP contribution in [0.5, 0.6) is 11.5 Å². The maximum atomic E-state index is 9.40. The van der Waals surface area contributed by atoms with Crippen LogP contribution in [0.15, 0.2) is 18.2 Å². The third-order valence-corrected chi connectivity index (χ3v) is 3.52. The number of rotatable bonds is 2. The highest BCUT2D eigenvalue weighted by atomic mass is 16.5. The lowest BCUT2D eigenvalue weighted by molar-refractivity contribution is 0.254. The van der Waals surface area contributed by atoms with E-state index in [1.807, 2.05) is 12.1 Å². The number of hydrogen-bond donors (Lipinski definition) is 1. The van der Waals surface area contributed by atoms with Crippen LogP contribution in [0, 0.1) is 0 Å². The molecule has 3 nitrogen and oxygen atoms in total. The molecular formula is C13H16O3. The van der Waals surface area contributed by atoms with Crippen molar-refractivity contribution in [3.8, 4) is 11.5 Å². The van der Waals surface area contributed by atoms with Crippen LogP contribution < -0.4 is 9.47 Å². The fourth-order valence-electron chi connectivity index (χ4n) is 2.18. The molecule has 0 radical (unpaired) electrons. The van der Waals surface area contributed by atoms with Gasteiger partial charge in [0.15, 0.2) is 11.5 Å². The van der Waals surface area contributed by atoms with Gasteiger partial charge in [0.2, 0.25) is 0 Å². The average molecular weight is 220 g/mol. The summed E-state index contributed by atoms with van der Waals surface area (Å²) < 4.78 is 11.2. The molecule has 1 aliphatic heterocycles. The molecular weight excluding hydrogens is 204 g/mol. The number of fused-ring (bicyclic) bond motifs is 1. The Balaban J connectivity index is 1.95. The van der Waals surface area contributed by atoms with Crippen LogP contribution >= 0.6 is 0 Å². The number of ether oxygens (including phenoxy) is 2. The van der Waals surface area contributed by atoms with E-state index in [4.69, 9.17) is 9.47 Å². The zero-order valence-electron chi connectivity index (χ0n) is 9.24. The average Bonchev–Trinajstić information content (AvgIpc) is 3.13. The van der Waals surface area contributed by atoms with Gasteiger partial charge in [-0.3, -0.25) is 0 Å².